The van der Waals surface area contributed by atoms with E-state index in [1.807, 2.05) is 24.3 Å². The van der Waals surface area contributed by atoms with Crippen LogP contribution in [-0.4, -0.2) is 37.0 Å². The predicted molar refractivity (Wildman–Crippen MR) is 85.7 cm³/mol. The molecule has 0 fully saturated rings. The van der Waals surface area contributed by atoms with E-state index in [9.17, 15) is 4.79 Å². The van der Waals surface area contributed by atoms with Gasteiger partial charge in [-0.15, -0.1) is 0 Å². The van der Waals surface area contributed by atoms with Crippen LogP contribution in [0, 0.1) is 0 Å². The fraction of sp³-hybridized carbons (Fsp3) is 0.353. The lowest BCUT2D eigenvalue weighted by Gasteiger charge is -2.18. The van der Waals surface area contributed by atoms with E-state index in [1.54, 1.807) is 12.1 Å². The van der Waals surface area contributed by atoms with Crippen molar-refractivity contribution in [2.24, 2.45) is 5.73 Å². The van der Waals surface area contributed by atoms with Crippen LogP contribution in [0.2, 0.25) is 0 Å². The second-order valence-electron chi connectivity index (χ2n) is 4.96. The summed E-state index contributed by atoms with van der Waals surface area (Å²) in [6, 6.07) is 11.3. The number of hydrogen-bond donors (Lipinski definition) is 1. The Morgan fingerprint density at radius 3 is 2.43 bits per heavy atom. The summed E-state index contributed by atoms with van der Waals surface area (Å²) in [6.07, 6.45) is 0. The Labute approximate surface area is 125 Å². The van der Waals surface area contributed by atoms with Gasteiger partial charge in [0.05, 0.1) is 0 Å². The standard InChI is InChI=1S/C17H22N2O2/c1-3-19(4-2)9-10-21-16-8-7-13-11-15(17(18)20)6-5-14(13)12-16/h5-8,11-12H,3-4,9-10H2,1-2H3,(H2,18,20). The van der Waals surface area contributed by atoms with Gasteiger partial charge in [0, 0.05) is 12.1 Å². The summed E-state index contributed by atoms with van der Waals surface area (Å²) in [5.41, 5.74) is 5.81. The summed E-state index contributed by atoms with van der Waals surface area (Å²) >= 11 is 0. The zero-order chi connectivity index (χ0) is 15.2. The highest BCUT2D eigenvalue weighted by Gasteiger charge is 2.04. The monoisotopic (exact) mass is 286 g/mol. The van der Waals surface area contributed by atoms with Crippen LogP contribution < -0.4 is 10.5 Å². The molecule has 21 heavy (non-hydrogen) atoms. The summed E-state index contributed by atoms with van der Waals surface area (Å²) in [4.78, 5) is 13.5. The van der Waals surface area contributed by atoms with Gasteiger partial charge in [-0.25, -0.2) is 0 Å². The van der Waals surface area contributed by atoms with Crippen LogP contribution in [0.4, 0.5) is 0 Å². The average molecular weight is 286 g/mol. The van der Waals surface area contributed by atoms with E-state index in [4.69, 9.17) is 10.5 Å². The molecule has 4 heteroatoms. The van der Waals surface area contributed by atoms with Crippen molar-refractivity contribution in [3.8, 4) is 5.75 Å². The van der Waals surface area contributed by atoms with Crippen LogP contribution in [0.15, 0.2) is 36.4 Å². The molecule has 0 radical (unpaired) electrons. The molecule has 0 saturated carbocycles. The minimum absolute atomic E-state index is 0.406. The van der Waals surface area contributed by atoms with E-state index in [-0.39, 0.29) is 0 Å². The maximum Gasteiger partial charge on any atom is 0.248 e. The van der Waals surface area contributed by atoms with Crippen LogP contribution in [0.5, 0.6) is 5.75 Å². The van der Waals surface area contributed by atoms with Crippen molar-refractivity contribution < 1.29 is 9.53 Å². The molecule has 0 heterocycles. The van der Waals surface area contributed by atoms with Gasteiger partial charge in [0.15, 0.2) is 0 Å². The van der Waals surface area contributed by atoms with Crippen molar-refractivity contribution in [1.29, 1.82) is 0 Å². The third kappa shape index (κ3) is 3.95. The first-order chi connectivity index (χ1) is 10.1. The van der Waals surface area contributed by atoms with Crippen LogP contribution in [0.25, 0.3) is 10.8 Å². The van der Waals surface area contributed by atoms with Crippen molar-refractivity contribution in [2.45, 2.75) is 13.8 Å². The summed E-state index contributed by atoms with van der Waals surface area (Å²) in [5.74, 6) is 0.443. The Hall–Kier alpha value is -2.07. The zero-order valence-electron chi connectivity index (χ0n) is 12.6. The van der Waals surface area contributed by atoms with Gasteiger partial charge in [0.25, 0.3) is 0 Å². The van der Waals surface area contributed by atoms with E-state index >= 15 is 0 Å². The van der Waals surface area contributed by atoms with E-state index < -0.39 is 5.91 Å². The van der Waals surface area contributed by atoms with E-state index in [1.165, 1.54) is 0 Å². The Morgan fingerprint density at radius 2 is 1.76 bits per heavy atom. The number of amides is 1. The van der Waals surface area contributed by atoms with Crippen molar-refractivity contribution in [2.75, 3.05) is 26.2 Å². The number of primary amides is 1. The van der Waals surface area contributed by atoms with Crippen molar-refractivity contribution in [3.05, 3.63) is 42.0 Å². The smallest absolute Gasteiger partial charge is 0.248 e. The van der Waals surface area contributed by atoms with Crippen LogP contribution in [-0.2, 0) is 0 Å². The molecule has 2 aromatic carbocycles. The van der Waals surface area contributed by atoms with Crippen LogP contribution in [0.1, 0.15) is 24.2 Å². The van der Waals surface area contributed by atoms with E-state index in [0.29, 0.717) is 12.2 Å². The number of fused-ring (bicyclic) bond motifs is 1. The molecule has 0 aliphatic rings. The van der Waals surface area contributed by atoms with Crippen molar-refractivity contribution in [3.63, 3.8) is 0 Å². The molecular weight excluding hydrogens is 264 g/mol. The SMILES string of the molecule is CCN(CC)CCOc1ccc2cc(C(N)=O)ccc2c1. The van der Waals surface area contributed by atoms with Crippen LogP contribution in [0.3, 0.4) is 0 Å². The molecule has 2 aromatic rings. The lowest BCUT2D eigenvalue weighted by atomic mass is 10.1. The number of carbonyl (C=O) groups is 1. The summed E-state index contributed by atoms with van der Waals surface area (Å²) in [7, 11) is 0. The highest BCUT2D eigenvalue weighted by atomic mass is 16.5. The highest BCUT2D eigenvalue weighted by molar-refractivity contribution is 5.97. The Bertz CT molecular complexity index is 621. The summed E-state index contributed by atoms with van der Waals surface area (Å²) < 4.78 is 5.79. The first kappa shape index (κ1) is 15.3. The van der Waals surface area contributed by atoms with Gasteiger partial charge in [0.1, 0.15) is 12.4 Å². The average Bonchev–Trinajstić information content (AvgIpc) is 2.51. The molecule has 0 aliphatic heterocycles. The molecule has 0 aliphatic carbocycles. The second kappa shape index (κ2) is 7.09. The third-order valence-electron chi connectivity index (χ3n) is 3.67. The van der Waals surface area contributed by atoms with Gasteiger partial charge in [-0.05, 0) is 48.1 Å². The van der Waals surface area contributed by atoms with E-state index in [0.717, 1.165) is 36.2 Å². The molecule has 1 amide bonds. The number of nitrogens with two attached hydrogens (primary N) is 1. The number of carbonyl (C=O) groups excluding carboxylic acids is 1. The van der Waals surface area contributed by atoms with Gasteiger partial charge in [-0.3, -0.25) is 4.79 Å². The Morgan fingerprint density at radius 1 is 1.10 bits per heavy atom. The topological polar surface area (TPSA) is 55.6 Å². The fourth-order valence-corrected chi connectivity index (χ4v) is 2.30. The zero-order valence-corrected chi connectivity index (χ0v) is 12.6. The molecule has 0 atom stereocenters. The number of likely N-dealkylation sites (N-methyl/N-ethyl adjacent to an activating group) is 1. The van der Waals surface area contributed by atoms with Crippen molar-refractivity contribution in [1.82, 2.24) is 4.90 Å². The van der Waals surface area contributed by atoms with E-state index in [2.05, 4.69) is 18.7 Å². The van der Waals surface area contributed by atoms with Gasteiger partial charge < -0.3 is 15.4 Å². The molecule has 112 valence electrons. The maximum absolute atomic E-state index is 11.2. The molecular formula is C17H22N2O2. The minimum Gasteiger partial charge on any atom is -0.492 e. The van der Waals surface area contributed by atoms with Gasteiger partial charge in [0.2, 0.25) is 5.91 Å². The maximum atomic E-state index is 11.2. The second-order valence-corrected chi connectivity index (χ2v) is 4.96. The van der Waals surface area contributed by atoms with Gasteiger partial charge in [-0.2, -0.15) is 0 Å². The molecule has 0 aromatic heterocycles. The first-order valence-corrected chi connectivity index (χ1v) is 7.32. The lowest BCUT2D eigenvalue weighted by Crippen LogP contribution is -2.27. The number of hydrogen-bond acceptors (Lipinski definition) is 3. The molecule has 4 nitrogen and oxygen atoms in total. The highest BCUT2D eigenvalue weighted by Crippen LogP contribution is 2.22. The van der Waals surface area contributed by atoms with Gasteiger partial charge >= 0.3 is 0 Å². The van der Waals surface area contributed by atoms with Gasteiger partial charge in [-0.1, -0.05) is 26.0 Å². The summed E-state index contributed by atoms with van der Waals surface area (Å²) in [5, 5.41) is 2.03. The fourth-order valence-electron chi connectivity index (χ4n) is 2.30. The third-order valence-corrected chi connectivity index (χ3v) is 3.67. The molecule has 0 bridgehead atoms. The number of nitrogens with zero attached hydrogens (tertiary/aromatic N) is 1. The lowest BCUT2D eigenvalue weighted by molar-refractivity contribution is 0.100. The van der Waals surface area contributed by atoms with Crippen molar-refractivity contribution >= 4 is 16.7 Å². The summed E-state index contributed by atoms with van der Waals surface area (Å²) in [6.45, 7) is 7.96. The predicted octanol–water partition coefficient (Wildman–Crippen LogP) is 2.66. The largest absolute Gasteiger partial charge is 0.492 e. The Balaban J connectivity index is 2.05. The first-order valence-electron chi connectivity index (χ1n) is 7.32. The van der Waals surface area contributed by atoms with Crippen LogP contribution >= 0.6 is 0 Å². The Kier molecular flexibility index (Phi) is 5.17. The molecule has 2 N–H and O–H groups in total. The normalized spacial score (nSPS) is 11.0. The quantitative estimate of drug-likeness (QED) is 0.851. The number of ether oxygens (including phenoxy) is 1. The molecule has 0 unspecified atom stereocenters. The molecule has 0 saturated heterocycles. The minimum atomic E-state index is -0.406. The molecule has 0 spiro atoms. The molecule has 2 rings (SSSR count). The number of rotatable bonds is 7. The number of benzene rings is 2.